The minimum absolute atomic E-state index is 0. The van der Waals surface area contributed by atoms with E-state index in [0.29, 0.717) is 0 Å². The van der Waals surface area contributed by atoms with Gasteiger partial charge in [-0.2, -0.15) is 0 Å². The van der Waals surface area contributed by atoms with Crippen molar-refractivity contribution in [2.45, 2.75) is 13.3 Å². The second kappa shape index (κ2) is 3.86. The minimum Gasteiger partial charge on any atom is -0.298 e. The molecule has 0 aliphatic heterocycles. The lowest BCUT2D eigenvalue weighted by Gasteiger charge is -2.04. The first kappa shape index (κ1) is 8.72. The first-order chi connectivity index (χ1) is 5.79. The third kappa shape index (κ3) is 1.62. The molecule has 0 amide bonds. The number of rotatable bonds is 3. The number of carbonyl (C=O) groups is 1. The van der Waals surface area contributed by atoms with Gasteiger partial charge < -0.3 is 0 Å². The van der Waals surface area contributed by atoms with Gasteiger partial charge in [0.15, 0.2) is 0 Å². The minimum atomic E-state index is 0. The molecular weight excluding hydrogens is 148 g/mol. The van der Waals surface area contributed by atoms with E-state index in [1.807, 2.05) is 31.2 Å². The maximum absolute atomic E-state index is 10.6. The van der Waals surface area contributed by atoms with Crippen LogP contribution in [-0.2, 0) is 6.42 Å². The van der Waals surface area contributed by atoms with E-state index in [0.717, 1.165) is 29.4 Å². The van der Waals surface area contributed by atoms with E-state index in [1.165, 1.54) is 0 Å². The van der Waals surface area contributed by atoms with Gasteiger partial charge in [0.2, 0.25) is 0 Å². The van der Waals surface area contributed by atoms with Gasteiger partial charge in [-0.25, -0.2) is 0 Å². The van der Waals surface area contributed by atoms with Crippen LogP contribution in [0.3, 0.4) is 0 Å². The largest absolute Gasteiger partial charge is 0.298 e. The van der Waals surface area contributed by atoms with Crippen LogP contribution < -0.4 is 0 Å². The van der Waals surface area contributed by atoms with Crippen LogP contribution in [0.15, 0.2) is 30.9 Å². The molecule has 1 nitrogen and oxygen atoms in total. The van der Waals surface area contributed by atoms with Crippen molar-refractivity contribution in [1.29, 1.82) is 0 Å². The Morgan fingerprint density at radius 1 is 1.58 bits per heavy atom. The summed E-state index contributed by atoms with van der Waals surface area (Å²) in [5.41, 5.74) is 3.01. The molecule has 1 heteroatoms. The predicted octanol–water partition coefficient (Wildman–Crippen LogP) is 2.78. The van der Waals surface area contributed by atoms with Crippen molar-refractivity contribution in [2.75, 3.05) is 0 Å². The monoisotopic (exact) mass is 162 g/mol. The first-order valence-corrected chi connectivity index (χ1v) is 3.94. The molecule has 1 rings (SSSR count). The van der Waals surface area contributed by atoms with Crippen molar-refractivity contribution in [3.63, 3.8) is 0 Å². The van der Waals surface area contributed by atoms with Gasteiger partial charge in [-0.05, 0) is 24.5 Å². The summed E-state index contributed by atoms with van der Waals surface area (Å²) in [6.07, 6.45) is 3.47. The molecular formula is C11H14O. The molecule has 0 aliphatic rings. The van der Waals surface area contributed by atoms with E-state index in [2.05, 4.69) is 6.58 Å². The topological polar surface area (TPSA) is 17.1 Å². The van der Waals surface area contributed by atoms with Crippen LogP contribution in [0, 0.1) is 6.92 Å². The second-order valence-corrected chi connectivity index (χ2v) is 2.75. The summed E-state index contributed by atoms with van der Waals surface area (Å²) in [6, 6.07) is 5.73. The Bertz CT molecular complexity index is 305. The number of benzene rings is 1. The number of aldehydes is 1. The summed E-state index contributed by atoms with van der Waals surface area (Å²) < 4.78 is 0. The third-order valence-electron chi connectivity index (χ3n) is 1.92. The van der Waals surface area contributed by atoms with Gasteiger partial charge in [-0.1, -0.05) is 24.3 Å². The predicted molar refractivity (Wildman–Crippen MR) is 52.6 cm³/mol. The zero-order chi connectivity index (χ0) is 8.97. The van der Waals surface area contributed by atoms with Crippen LogP contribution in [0.5, 0.6) is 0 Å². The van der Waals surface area contributed by atoms with Crippen LogP contribution >= 0.6 is 0 Å². The quantitative estimate of drug-likeness (QED) is 0.493. The van der Waals surface area contributed by atoms with E-state index in [1.54, 1.807) is 0 Å². The lowest BCUT2D eigenvalue weighted by Crippen LogP contribution is -1.93. The number of allylic oxidation sites excluding steroid dienone is 1. The molecule has 64 valence electrons. The zero-order valence-corrected chi connectivity index (χ0v) is 7.21. The molecule has 0 saturated heterocycles. The molecule has 0 aromatic heterocycles. The fraction of sp³-hybridized carbons (Fsp3) is 0.182. The molecule has 0 bridgehead atoms. The summed E-state index contributed by atoms with van der Waals surface area (Å²) in [7, 11) is 0. The van der Waals surface area contributed by atoms with Crippen molar-refractivity contribution < 1.29 is 6.22 Å². The smallest absolute Gasteiger partial charge is 0.150 e. The van der Waals surface area contributed by atoms with Gasteiger partial charge in [0.05, 0.1) is 0 Å². The molecule has 0 fully saturated rings. The van der Waals surface area contributed by atoms with E-state index in [9.17, 15) is 4.79 Å². The van der Waals surface area contributed by atoms with Crippen molar-refractivity contribution in [2.24, 2.45) is 0 Å². The van der Waals surface area contributed by atoms with Gasteiger partial charge in [-0.3, -0.25) is 4.79 Å². The Labute approximate surface area is 74.2 Å². The molecule has 0 spiro atoms. The highest BCUT2D eigenvalue weighted by molar-refractivity contribution is 5.78. The lowest BCUT2D eigenvalue weighted by molar-refractivity contribution is 0.112. The van der Waals surface area contributed by atoms with Crippen LogP contribution in [0.4, 0.5) is 0 Å². The molecule has 0 radical (unpaired) electrons. The number of hydrogen-bond acceptors (Lipinski definition) is 1. The van der Waals surface area contributed by atoms with Crippen molar-refractivity contribution in [3.05, 3.63) is 47.5 Å². The summed E-state index contributed by atoms with van der Waals surface area (Å²) in [4.78, 5) is 10.6. The highest BCUT2D eigenvalue weighted by atomic mass is 16.1. The number of carbonyl (C=O) groups excluding carboxylic acids is 1. The maximum Gasteiger partial charge on any atom is 0.150 e. The molecule has 0 saturated carbocycles. The second-order valence-electron chi connectivity index (χ2n) is 2.75. The molecule has 0 atom stereocenters. The van der Waals surface area contributed by atoms with Crippen molar-refractivity contribution in [3.8, 4) is 0 Å². The van der Waals surface area contributed by atoms with E-state index in [4.69, 9.17) is 0 Å². The number of aryl methyl sites for hydroxylation is 1. The van der Waals surface area contributed by atoms with Crippen LogP contribution in [0.1, 0.15) is 22.9 Å². The Kier molecular flexibility index (Phi) is 2.81. The SMILES string of the molecule is C=CCc1c(C)cccc1C=O.[HH]. The van der Waals surface area contributed by atoms with Crippen LogP contribution in [-0.4, -0.2) is 6.29 Å². The molecule has 12 heavy (non-hydrogen) atoms. The molecule has 0 N–H and O–H groups in total. The van der Waals surface area contributed by atoms with Crippen LogP contribution in [0.2, 0.25) is 0 Å². The highest BCUT2D eigenvalue weighted by Gasteiger charge is 2.01. The summed E-state index contributed by atoms with van der Waals surface area (Å²) in [5.74, 6) is 0. The summed E-state index contributed by atoms with van der Waals surface area (Å²) in [5, 5.41) is 0. The first-order valence-electron chi connectivity index (χ1n) is 3.94. The average Bonchev–Trinajstić information content (AvgIpc) is 2.09. The Morgan fingerprint density at radius 2 is 2.33 bits per heavy atom. The standard InChI is InChI=1S/C11H12O.H2/c1-3-5-11-9(2)6-4-7-10(11)8-12;/h3-4,6-8H,1,5H2,2H3;1H. The van der Waals surface area contributed by atoms with Crippen molar-refractivity contribution >= 4 is 6.29 Å². The van der Waals surface area contributed by atoms with Crippen molar-refractivity contribution in [1.82, 2.24) is 0 Å². The van der Waals surface area contributed by atoms with Gasteiger partial charge in [0.25, 0.3) is 0 Å². The van der Waals surface area contributed by atoms with E-state index in [-0.39, 0.29) is 1.43 Å². The molecule has 1 aromatic carbocycles. The summed E-state index contributed by atoms with van der Waals surface area (Å²) >= 11 is 0. The Balaban J connectivity index is 0.00000144. The molecule has 0 heterocycles. The maximum atomic E-state index is 10.6. The fourth-order valence-electron chi connectivity index (χ4n) is 1.26. The van der Waals surface area contributed by atoms with Gasteiger partial charge in [0.1, 0.15) is 6.29 Å². The Morgan fingerprint density at radius 3 is 2.92 bits per heavy atom. The van der Waals surface area contributed by atoms with E-state index < -0.39 is 0 Å². The number of hydrogen-bond donors (Lipinski definition) is 0. The normalized spacial score (nSPS) is 9.42. The average molecular weight is 162 g/mol. The van der Waals surface area contributed by atoms with Crippen LogP contribution in [0.25, 0.3) is 0 Å². The van der Waals surface area contributed by atoms with Gasteiger partial charge in [0, 0.05) is 6.99 Å². The Hall–Kier alpha value is -1.37. The van der Waals surface area contributed by atoms with E-state index >= 15 is 0 Å². The summed E-state index contributed by atoms with van der Waals surface area (Å²) in [6.45, 7) is 5.66. The molecule has 1 aromatic rings. The van der Waals surface area contributed by atoms with Gasteiger partial charge in [-0.15, -0.1) is 6.58 Å². The molecule has 0 unspecified atom stereocenters. The lowest BCUT2D eigenvalue weighted by atomic mass is 10.0. The zero-order valence-electron chi connectivity index (χ0n) is 7.21. The third-order valence-corrected chi connectivity index (χ3v) is 1.92. The highest BCUT2D eigenvalue weighted by Crippen LogP contribution is 2.13. The van der Waals surface area contributed by atoms with Gasteiger partial charge >= 0.3 is 0 Å². The molecule has 0 aliphatic carbocycles. The fourth-order valence-corrected chi connectivity index (χ4v) is 1.26.